The van der Waals surface area contributed by atoms with Gasteiger partial charge in [-0.15, -0.1) is 0 Å². The molecule has 0 bridgehead atoms. The third-order valence-corrected chi connectivity index (χ3v) is 14.5. The van der Waals surface area contributed by atoms with Gasteiger partial charge in [0.2, 0.25) is 0 Å². The zero-order chi connectivity index (χ0) is 56.5. The van der Waals surface area contributed by atoms with Crippen molar-refractivity contribution in [3.63, 3.8) is 0 Å². The van der Waals surface area contributed by atoms with Crippen molar-refractivity contribution in [1.29, 1.82) is 0 Å². The van der Waals surface area contributed by atoms with E-state index in [9.17, 15) is 40.5 Å². The lowest BCUT2D eigenvalue weighted by molar-refractivity contribution is -0.332. The summed E-state index contributed by atoms with van der Waals surface area (Å²) in [5.74, 6) is -0.379. The predicted molar refractivity (Wildman–Crippen MR) is 312 cm³/mol. The highest BCUT2D eigenvalue weighted by atomic mass is 16.7. The molecule has 11 atom stereocenters. The number of rotatable bonds is 50. The van der Waals surface area contributed by atoms with Crippen LogP contribution in [0.5, 0.6) is 0 Å². The first-order chi connectivity index (χ1) is 38.1. The molecule has 2 rings (SSSR count). The fraction of sp³-hybridized carbons (Fsp3) is 0.797. The lowest BCUT2D eigenvalue weighted by Gasteiger charge is -2.42. The molecular formula is C64H112O14. The van der Waals surface area contributed by atoms with E-state index in [2.05, 4.69) is 86.8 Å². The summed E-state index contributed by atoms with van der Waals surface area (Å²) in [6.45, 7) is 3.57. The molecule has 0 radical (unpaired) electrons. The van der Waals surface area contributed by atoms with Gasteiger partial charge in [-0.25, -0.2) is 0 Å². The number of hydrogen-bond donors (Lipinski definition) is 7. The molecule has 0 aromatic heterocycles. The second kappa shape index (κ2) is 50.2. The maximum absolute atomic E-state index is 13.1. The third-order valence-electron chi connectivity index (χ3n) is 14.5. The van der Waals surface area contributed by atoms with Crippen LogP contribution in [0, 0.1) is 0 Å². The van der Waals surface area contributed by atoms with Crippen LogP contribution >= 0.6 is 0 Å². The molecule has 2 saturated heterocycles. The van der Waals surface area contributed by atoms with Gasteiger partial charge in [-0.3, -0.25) is 4.79 Å². The van der Waals surface area contributed by atoms with E-state index in [1.807, 2.05) is 0 Å². The molecule has 0 spiro atoms. The minimum atomic E-state index is -1.71. The van der Waals surface area contributed by atoms with Gasteiger partial charge in [0.25, 0.3) is 0 Å². The lowest BCUT2D eigenvalue weighted by Crippen LogP contribution is -2.61. The molecule has 452 valence electrons. The van der Waals surface area contributed by atoms with Gasteiger partial charge in [0, 0.05) is 13.0 Å². The number of allylic oxidation sites excluding steroid dienone is 12. The number of carbonyl (C=O) groups excluding carboxylic acids is 1. The van der Waals surface area contributed by atoms with Crippen LogP contribution in [0.4, 0.5) is 0 Å². The summed E-state index contributed by atoms with van der Waals surface area (Å²) in [4.78, 5) is 13.1. The molecule has 2 fully saturated rings. The van der Waals surface area contributed by atoms with Crippen molar-refractivity contribution in [2.24, 2.45) is 0 Å². The van der Waals surface area contributed by atoms with E-state index in [0.717, 1.165) is 89.9 Å². The Balaban J connectivity index is 1.69. The summed E-state index contributed by atoms with van der Waals surface area (Å²) in [6.07, 6.45) is 48.2. The average Bonchev–Trinajstić information content (AvgIpc) is 3.45. The highest BCUT2D eigenvalue weighted by Crippen LogP contribution is 2.27. The Labute approximate surface area is 472 Å². The van der Waals surface area contributed by atoms with E-state index in [0.29, 0.717) is 13.0 Å². The highest BCUT2D eigenvalue weighted by molar-refractivity contribution is 5.69. The van der Waals surface area contributed by atoms with Crippen LogP contribution in [-0.2, 0) is 33.2 Å². The first kappa shape index (κ1) is 71.5. The number of aliphatic hydroxyl groups is 7. The molecule has 2 heterocycles. The fourth-order valence-corrected chi connectivity index (χ4v) is 9.53. The number of aliphatic hydroxyl groups excluding tert-OH is 7. The second-order valence-electron chi connectivity index (χ2n) is 21.5. The van der Waals surface area contributed by atoms with Crippen LogP contribution in [0.1, 0.15) is 226 Å². The van der Waals surface area contributed by atoms with Gasteiger partial charge in [0.05, 0.1) is 26.4 Å². The fourth-order valence-electron chi connectivity index (χ4n) is 9.53. The van der Waals surface area contributed by atoms with Crippen molar-refractivity contribution < 1.29 is 69.0 Å². The van der Waals surface area contributed by atoms with Gasteiger partial charge in [-0.1, -0.05) is 228 Å². The zero-order valence-electron chi connectivity index (χ0n) is 48.6. The third kappa shape index (κ3) is 36.0. The maximum atomic E-state index is 13.1. The maximum Gasteiger partial charge on any atom is 0.306 e. The molecule has 2 aliphatic rings. The summed E-state index contributed by atoms with van der Waals surface area (Å²) < 4.78 is 34.4. The minimum absolute atomic E-state index is 0.0527. The normalized spacial score (nSPS) is 24.6. The molecular weight excluding hydrogens is 993 g/mol. The topological polar surface area (TPSA) is 214 Å². The Hall–Kier alpha value is -2.57. The molecule has 0 aromatic rings. The van der Waals surface area contributed by atoms with Crippen molar-refractivity contribution in [3.05, 3.63) is 72.9 Å². The van der Waals surface area contributed by atoms with E-state index in [4.69, 9.17) is 28.4 Å². The molecule has 0 aliphatic carbocycles. The van der Waals surface area contributed by atoms with Gasteiger partial charge in [0.15, 0.2) is 12.6 Å². The van der Waals surface area contributed by atoms with Crippen LogP contribution in [0.15, 0.2) is 72.9 Å². The zero-order valence-corrected chi connectivity index (χ0v) is 48.6. The Morgan fingerprint density at radius 2 is 0.833 bits per heavy atom. The van der Waals surface area contributed by atoms with Crippen LogP contribution in [0.25, 0.3) is 0 Å². The van der Waals surface area contributed by atoms with Gasteiger partial charge >= 0.3 is 5.97 Å². The smallest absolute Gasteiger partial charge is 0.306 e. The number of ether oxygens (including phenoxy) is 6. The minimum Gasteiger partial charge on any atom is -0.457 e. The number of hydrogen-bond acceptors (Lipinski definition) is 14. The lowest BCUT2D eigenvalue weighted by atomic mass is 9.98. The number of carbonyl (C=O) groups is 1. The summed E-state index contributed by atoms with van der Waals surface area (Å²) in [7, 11) is 0. The van der Waals surface area contributed by atoms with Gasteiger partial charge < -0.3 is 64.2 Å². The summed E-state index contributed by atoms with van der Waals surface area (Å²) >= 11 is 0. The van der Waals surface area contributed by atoms with Crippen LogP contribution in [0.2, 0.25) is 0 Å². The highest BCUT2D eigenvalue weighted by Gasteiger charge is 2.47. The Kier molecular flexibility index (Phi) is 46.0. The first-order valence-corrected chi connectivity index (χ1v) is 31.0. The van der Waals surface area contributed by atoms with E-state index in [1.54, 1.807) is 0 Å². The predicted octanol–water partition coefficient (Wildman–Crippen LogP) is 11.8. The molecule has 14 nitrogen and oxygen atoms in total. The van der Waals surface area contributed by atoms with E-state index in [1.165, 1.54) is 109 Å². The average molecular weight is 1110 g/mol. The SMILES string of the molecule is CC/C=C\C/C=C\C/C=C\C/C=C\C/C=C\C/C=C\CCCCCCCCCOCC(COC1OC(COC2OC(CO)C(O)C(O)C2O)C(O)C(O)C1O)OC(=O)CCCCCCCCCCCCCCCCCCCC. The molecule has 11 unspecified atom stereocenters. The molecule has 2 aliphatic heterocycles. The van der Waals surface area contributed by atoms with Crippen molar-refractivity contribution in [3.8, 4) is 0 Å². The summed E-state index contributed by atoms with van der Waals surface area (Å²) in [5, 5.41) is 72.4. The van der Waals surface area contributed by atoms with E-state index < -0.39 is 80.7 Å². The Bertz CT molecular complexity index is 1560. The number of esters is 1. The monoisotopic (exact) mass is 1100 g/mol. The van der Waals surface area contributed by atoms with Crippen LogP contribution in [-0.4, -0.2) is 142 Å². The van der Waals surface area contributed by atoms with Gasteiger partial charge in [0.1, 0.15) is 54.9 Å². The van der Waals surface area contributed by atoms with E-state index >= 15 is 0 Å². The molecule has 0 amide bonds. The van der Waals surface area contributed by atoms with Crippen molar-refractivity contribution in [2.75, 3.05) is 33.0 Å². The van der Waals surface area contributed by atoms with Crippen molar-refractivity contribution >= 4 is 5.97 Å². The Morgan fingerprint density at radius 3 is 1.31 bits per heavy atom. The Morgan fingerprint density at radius 1 is 0.436 bits per heavy atom. The van der Waals surface area contributed by atoms with Gasteiger partial charge in [-0.05, 0) is 64.2 Å². The van der Waals surface area contributed by atoms with Crippen molar-refractivity contribution in [2.45, 2.75) is 293 Å². The van der Waals surface area contributed by atoms with Crippen LogP contribution in [0.3, 0.4) is 0 Å². The quantitative estimate of drug-likeness (QED) is 0.0172. The van der Waals surface area contributed by atoms with Crippen LogP contribution < -0.4 is 0 Å². The van der Waals surface area contributed by atoms with Gasteiger partial charge in [-0.2, -0.15) is 0 Å². The van der Waals surface area contributed by atoms with Crippen molar-refractivity contribution in [1.82, 2.24) is 0 Å². The molecule has 78 heavy (non-hydrogen) atoms. The second-order valence-corrected chi connectivity index (χ2v) is 21.5. The molecule has 0 aromatic carbocycles. The standard InChI is InChI=1S/C64H112O14/c1-3-5-7-9-11-13-15-17-19-21-23-24-25-26-27-28-29-30-32-34-36-38-40-42-44-46-48-73-50-53(76-56(66)47-45-43-41-39-37-35-33-31-22-20-18-16-14-12-10-8-6-4-2)51-74-63-62(72)60(70)58(68)55(78-63)52-75-64-61(71)59(69)57(67)54(49-65)77-64/h5,7,11,13,17,19,23-24,26-27,29-30,53-55,57-65,67-72H,3-4,6,8-10,12,14-16,18,20-22,25,28,31-52H2,1-2H3/b7-5-,13-11-,19-17-,24-23-,27-26-,30-29-. The summed E-state index contributed by atoms with van der Waals surface area (Å²) in [6, 6.07) is 0. The summed E-state index contributed by atoms with van der Waals surface area (Å²) in [5.41, 5.74) is 0. The van der Waals surface area contributed by atoms with E-state index in [-0.39, 0.29) is 25.6 Å². The molecule has 0 saturated carbocycles. The molecule has 14 heteroatoms. The number of unbranched alkanes of at least 4 members (excludes halogenated alkanes) is 24. The molecule has 7 N–H and O–H groups in total. The first-order valence-electron chi connectivity index (χ1n) is 31.0. The largest absolute Gasteiger partial charge is 0.457 e.